The van der Waals surface area contributed by atoms with E-state index in [0.29, 0.717) is 17.9 Å². The average Bonchev–Trinajstić information content (AvgIpc) is 3.69. The maximum Gasteiger partial charge on any atom is 0.270 e. The topological polar surface area (TPSA) is 130 Å². The van der Waals surface area contributed by atoms with Crippen molar-refractivity contribution in [3.63, 3.8) is 0 Å². The third-order valence-corrected chi connectivity index (χ3v) is 6.93. The van der Waals surface area contributed by atoms with Gasteiger partial charge in [0, 0.05) is 11.1 Å². The molecule has 2 amide bonds. The largest absolute Gasteiger partial charge is 0.497 e. The first kappa shape index (κ1) is 26.9. The minimum Gasteiger partial charge on any atom is -0.497 e. The van der Waals surface area contributed by atoms with Crippen LogP contribution in [0.5, 0.6) is 11.6 Å². The summed E-state index contributed by atoms with van der Waals surface area (Å²) in [6.45, 7) is -2.04. The maximum absolute atomic E-state index is 12.8. The quantitative estimate of drug-likeness (QED) is 0.190. The zero-order valence-electron chi connectivity index (χ0n) is 21.8. The smallest absolute Gasteiger partial charge is 0.270 e. The van der Waals surface area contributed by atoms with Crippen molar-refractivity contribution in [1.29, 1.82) is 0 Å². The number of aromatic amines is 1. The summed E-state index contributed by atoms with van der Waals surface area (Å²) in [4.78, 5) is 27.6. The highest BCUT2D eigenvalue weighted by atomic mass is 19.1. The Morgan fingerprint density at radius 3 is 2.60 bits per heavy atom. The number of hydrogen-bond acceptors (Lipinski definition) is 7. The molecule has 40 heavy (non-hydrogen) atoms. The lowest BCUT2D eigenvalue weighted by Gasteiger charge is -2.13. The molecule has 0 spiro atoms. The van der Waals surface area contributed by atoms with Crippen LogP contribution in [-0.2, 0) is 4.79 Å². The van der Waals surface area contributed by atoms with Gasteiger partial charge in [-0.05, 0) is 71.8 Å². The number of benzene rings is 2. The molecule has 10 nitrogen and oxygen atoms in total. The van der Waals surface area contributed by atoms with Crippen molar-refractivity contribution in [2.24, 2.45) is 0 Å². The molecule has 4 N–H and O–H groups in total. The average molecular weight is 551 g/mol. The van der Waals surface area contributed by atoms with Crippen molar-refractivity contribution < 1.29 is 27.8 Å². The first-order valence-corrected chi connectivity index (χ1v) is 12.6. The zero-order valence-corrected chi connectivity index (χ0v) is 21.8. The van der Waals surface area contributed by atoms with Gasteiger partial charge in [0.1, 0.15) is 30.5 Å². The molecule has 1 aliphatic rings. The van der Waals surface area contributed by atoms with E-state index in [2.05, 4.69) is 43.3 Å². The number of nitrogens with zero attached hydrogens (tertiary/aromatic N) is 2. The number of pyridine rings is 1. The number of halogens is 2. The molecule has 2 atom stereocenters. The normalized spacial score (nSPS) is 16.0. The molecule has 0 aliphatic heterocycles. The van der Waals surface area contributed by atoms with Gasteiger partial charge in [0.2, 0.25) is 12.3 Å². The molecule has 1 fully saturated rings. The van der Waals surface area contributed by atoms with E-state index >= 15 is 0 Å². The second kappa shape index (κ2) is 11.6. The fourth-order valence-electron chi connectivity index (χ4n) is 4.76. The third-order valence-electron chi connectivity index (χ3n) is 6.93. The molecular formula is C28H28F2N6O4. The molecule has 208 valence electrons. The van der Waals surface area contributed by atoms with Gasteiger partial charge in [-0.25, -0.2) is 13.8 Å². The Morgan fingerprint density at radius 2 is 1.88 bits per heavy atom. The molecule has 12 heteroatoms. The summed E-state index contributed by atoms with van der Waals surface area (Å²) in [5.74, 6) is 1.21. The van der Waals surface area contributed by atoms with Crippen LogP contribution in [0.4, 0.5) is 26.0 Å². The van der Waals surface area contributed by atoms with Crippen LogP contribution >= 0.6 is 0 Å². The lowest BCUT2D eigenvalue weighted by molar-refractivity contribution is -0.105. The minimum atomic E-state index is -1.23. The molecule has 1 saturated carbocycles. The fourth-order valence-corrected chi connectivity index (χ4v) is 4.76. The first-order chi connectivity index (χ1) is 19.5. The van der Waals surface area contributed by atoms with E-state index in [1.807, 2.05) is 24.3 Å². The standard InChI is InChI=1S/C28H28F2N6O4/c1-39-17-4-6-22(31-14-37)21(10-17)20-11-19(20)15-3-5-18-25(9-15)35-36-26(18)33-24-8-7-23(34-28(24)40-2)27(38)32-16(12-29)13-30/h3-10,14,16,19-20H,11-13H2,1-2H3,(H,31,37)(H,32,38)(H2,33,35,36). The Hall–Kier alpha value is -4.74. The Balaban J connectivity index is 1.34. The molecule has 2 heterocycles. The van der Waals surface area contributed by atoms with Gasteiger partial charge in [-0.1, -0.05) is 6.07 Å². The fraction of sp³-hybridized carbons (Fsp3) is 0.286. The lowest BCUT2D eigenvalue weighted by atomic mass is 10.0. The minimum absolute atomic E-state index is 0.0349. The van der Waals surface area contributed by atoms with Crippen LogP contribution in [0.1, 0.15) is 39.9 Å². The van der Waals surface area contributed by atoms with Crippen molar-refractivity contribution in [1.82, 2.24) is 20.5 Å². The second-order valence-electron chi connectivity index (χ2n) is 9.40. The van der Waals surface area contributed by atoms with E-state index in [4.69, 9.17) is 9.47 Å². The number of hydrogen-bond donors (Lipinski definition) is 4. The predicted octanol–water partition coefficient (Wildman–Crippen LogP) is 4.60. The van der Waals surface area contributed by atoms with E-state index in [-0.39, 0.29) is 23.4 Å². The van der Waals surface area contributed by atoms with Gasteiger partial charge in [0.05, 0.1) is 25.8 Å². The number of fused-ring (bicyclic) bond motifs is 1. The van der Waals surface area contributed by atoms with Gasteiger partial charge < -0.3 is 25.4 Å². The summed E-state index contributed by atoms with van der Waals surface area (Å²) in [6, 6.07) is 13.5. The number of H-pyrrole nitrogens is 1. The van der Waals surface area contributed by atoms with E-state index in [0.717, 1.165) is 39.9 Å². The van der Waals surface area contributed by atoms with Crippen molar-refractivity contribution in [3.8, 4) is 11.6 Å². The van der Waals surface area contributed by atoms with Crippen LogP contribution in [0, 0.1) is 0 Å². The zero-order chi connectivity index (χ0) is 28.2. The van der Waals surface area contributed by atoms with E-state index in [9.17, 15) is 18.4 Å². The molecule has 0 saturated heterocycles. The summed E-state index contributed by atoms with van der Waals surface area (Å²) in [5.41, 5.74) is 4.20. The summed E-state index contributed by atoms with van der Waals surface area (Å²) in [5, 5.41) is 16.5. The number of ether oxygens (including phenoxy) is 2. The van der Waals surface area contributed by atoms with Gasteiger partial charge >= 0.3 is 0 Å². The molecule has 1 aliphatic carbocycles. The van der Waals surface area contributed by atoms with Gasteiger partial charge in [-0.2, -0.15) is 5.10 Å². The number of nitrogens with one attached hydrogen (secondary N) is 4. The van der Waals surface area contributed by atoms with Crippen LogP contribution in [0.15, 0.2) is 48.5 Å². The van der Waals surface area contributed by atoms with Gasteiger partial charge in [-0.3, -0.25) is 14.7 Å². The Kier molecular flexibility index (Phi) is 7.76. The summed E-state index contributed by atoms with van der Waals surface area (Å²) in [6.07, 6.45) is 1.61. The number of aromatic nitrogens is 3. The van der Waals surface area contributed by atoms with Crippen LogP contribution in [0.2, 0.25) is 0 Å². The highest BCUT2D eigenvalue weighted by Crippen LogP contribution is 2.57. The maximum atomic E-state index is 12.8. The molecule has 5 rings (SSSR count). The number of carbonyl (C=O) groups is 2. The number of alkyl halides is 2. The van der Waals surface area contributed by atoms with Gasteiger partial charge in [0.25, 0.3) is 5.91 Å². The third kappa shape index (κ3) is 5.37. The number of carbonyl (C=O) groups excluding carboxylic acids is 2. The second-order valence-corrected chi connectivity index (χ2v) is 9.40. The monoisotopic (exact) mass is 550 g/mol. The predicted molar refractivity (Wildman–Crippen MR) is 146 cm³/mol. The number of anilines is 3. The molecule has 2 aromatic heterocycles. The molecule has 4 aromatic rings. The summed E-state index contributed by atoms with van der Waals surface area (Å²) >= 11 is 0. The van der Waals surface area contributed by atoms with Crippen LogP contribution in [-0.4, -0.2) is 61.1 Å². The van der Waals surface area contributed by atoms with Crippen molar-refractivity contribution in [3.05, 3.63) is 65.4 Å². The number of amides is 2. The Bertz CT molecular complexity index is 1540. The first-order valence-electron chi connectivity index (χ1n) is 12.6. The number of rotatable bonds is 12. The van der Waals surface area contributed by atoms with Crippen molar-refractivity contribution in [2.75, 3.05) is 38.2 Å². The Labute approximate surface area is 228 Å². The van der Waals surface area contributed by atoms with Crippen LogP contribution in [0.25, 0.3) is 10.9 Å². The molecule has 0 bridgehead atoms. The molecule has 0 radical (unpaired) electrons. The van der Waals surface area contributed by atoms with E-state index in [1.54, 1.807) is 13.2 Å². The SMILES string of the molecule is COc1ccc(NC=O)c(C2CC2c2ccc3c(Nc4ccc(C(=O)NC(CF)CF)nc4OC)n[nH]c3c2)c1. The molecule has 2 unspecified atom stereocenters. The highest BCUT2D eigenvalue weighted by molar-refractivity contribution is 5.94. The van der Waals surface area contributed by atoms with Crippen LogP contribution < -0.4 is 25.4 Å². The van der Waals surface area contributed by atoms with Crippen molar-refractivity contribution >= 4 is 40.4 Å². The van der Waals surface area contributed by atoms with Gasteiger partial charge in [0.15, 0.2) is 5.82 Å². The Morgan fingerprint density at radius 1 is 1.07 bits per heavy atom. The molecular weight excluding hydrogens is 522 g/mol. The van der Waals surface area contributed by atoms with E-state index < -0.39 is 25.3 Å². The summed E-state index contributed by atoms with van der Waals surface area (Å²) in [7, 11) is 3.02. The van der Waals surface area contributed by atoms with Crippen molar-refractivity contribution in [2.45, 2.75) is 24.3 Å². The lowest BCUT2D eigenvalue weighted by Crippen LogP contribution is -2.38. The van der Waals surface area contributed by atoms with Gasteiger partial charge in [-0.15, -0.1) is 0 Å². The van der Waals surface area contributed by atoms with Crippen LogP contribution in [0.3, 0.4) is 0 Å². The highest BCUT2D eigenvalue weighted by Gasteiger charge is 2.41. The van der Waals surface area contributed by atoms with E-state index in [1.165, 1.54) is 13.2 Å². The summed E-state index contributed by atoms with van der Waals surface area (Å²) < 4.78 is 36.3. The molecule has 2 aromatic carbocycles. The number of methoxy groups -OCH3 is 2.